The molecule has 0 fully saturated rings. The van der Waals surface area contributed by atoms with Crippen LogP contribution >= 0.6 is 0 Å². The Balaban J connectivity index is 2.15. The van der Waals surface area contributed by atoms with Crippen LogP contribution in [0.2, 0.25) is 0 Å². The van der Waals surface area contributed by atoms with Crippen LogP contribution in [0.4, 0.5) is 0 Å². The molecule has 2 aromatic rings. The third-order valence-corrected chi connectivity index (χ3v) is 4.06. The van der Waals surface area contributed by atoms with Gasteiger partial charge in [-0.2, -0.15) is 0 Å². The largest absolute Gasteiger partial charge is 0.0625 e. The Morgan fingerprint density at radius 3 is 2.44 bits per heavy atom. The highest BCUT2D eigenvalue weighted by molar-refractivity contribution is 5.87. The third kappa shape index (κ3) is 2.16. The van der Waals surface area contributed by atoms with E-state index < -0.39 is 0 Å². The van der Waals surface area contributed by atoms with Gasteiger partial charge >= 0.3 is 0 Å². The number of hydrogen-bond acceptors (Lipinski definition) is 0. The molecule has 2 aromatic carbocycles. The van der Waals surface area contributed by atoms with Gasteiger partial charge in [0, 0.05) is 0 Å². The van der Waals surface area contributed by atoms with E-state index >= 15 is 0 Å². The van der Waals surface area contributed by atoms with Crippen LogP contribution in [0, 0.1) is 5.92 Å². The van der Waals surface area contributed by atoms with E-state index in [0.29, 0.717) is 0 Å². The van der Waals surface area contributed by atoms with Gasteiger partial charge in [-0.25, -0.2) is 0 Å². The van der Waals surface area contributed by atoms with Crippen molar-refractivity contribution in [2.24, 2.45) is 5.92 Å². The molecule has 0 amide bonds. The quantitative estimate of drug-likeness (QED) is 0.697. The van der Waals surface area contributed by atoms with Crippen LogP contribution in [-0.4, -0.2) is 0 Å². The molecule has 0 N–H and O–H groups in total. The van der Waals surface area contributed by atoms with Gasteiger partial charge in [0.05, 0.1) is 0 Å². The van der Waals surface area contributed by atoms with E-state index in [2.05, 4.69) is 44.2 Å². The van der Waals surface area contributed by atoms with Gasteiger partial charge in [0.2, 0.25) is 0 Å². The molecule has 0 saturated carbocycles. The van der Waals surface area contributed by atoms with E-state index in [0.717, 1.165) is 5.92 Å². The van der Waals surface area contributed by atoms with Crippen LogP contribution in [0.5, 0.6) is 0 Å². The molecule has 1 aliphatic rings. The number of hydrogen-bond donors (Lipinski definition) is 0. The summed E-state index contributed by atoms with van der Waals surface area (Å²) in [4.78, 5) is 0. The highest BCUT2D eigenvalue weighted by Gasteiger charge is 2.12. The monoisotopic (exact) mass is 238 g/mol. The maximum absolute atomic E-state index is 2.47. The maximum Gasteiger partial charge on any atom is -0.0149 e. The summed E-state index contributed by atoms with van der Waals surface area (Å²) in [5, 5.41) is 2.93. The Bertz CT molecular complexity index is 564. The molecule has 0 bridgehead atoms. The van der Waals surface area contributed by atoms with Crippen LogP contribution in [0.3, 0.4) is 0 Å². The molecule has 0 aliphatic heterocycles. The summed E-state index contributed by atoms with van der Waals surface area (Å²) in [5.41, 5.74) is 4.72. The van der Waals surface area contributed by atoms with Gasteiger partial charge in [-0.05, 0) is 65.5 Å². The molecule has 0 spiro atoms. The highest BCUT2D eigenvalue weighted by Crippen LogP contribution is 2.29. The molecule has 0 heterocycles. The fourth-order valence-corrected chi connectivity index (χ4v) is 3.20. The Morgan fingerprint density at radius 1 is 1.00 bits per heavy atom. The maximum atomic E-state index is 2.47. The summed E-state index contributed by atoms with van der Waals surface area (Å²) in [7, 11) is 0. The summed E-state index contributed by atoms with van der Waals surface area (Å²) in [5.74, 6) is 0.728. The average Bonchev–Trinajstić information content (AvgIpc) is 2.36. The predicted octanol–water partition coefficient (Wildman–Crippen LogP) is 4.92. The van der Waals surface area contributed by atoms with Crippen molar-refractivity contribution in [1.29, 1.82) is 0 Å². The Kier molecular flexibility index (Phi) is 3.11. The fourth-order valence-electron chi connectivity index (χ4n) is 3.20. The lowest BCUT2D eigenvalue weighted by Gasteiger charge is -2.18. The minimum atomic E-state index is 0.728. The van der Waals surface area contributed by atoms with Crippen molar-refractivity contribution in [2.45, 2.75) is 46.0 Å². The van der Waals surface area contributed by atoms with Crippen LogP contribution in [0.1, 0.15) is 43.4 Å². The summed E-state index contributed by atoms with van der Waals surface area (Å²) in [6.07, 6.45) is 6.48. The lowest BCUT2D eigenvalue weighted by molar-refractivity contribution is 0.650. The summed E-state index contributed by atoms with van der Waals surface area (Å²) in [6.45, 7) is 4.61. The van der Waals surface area contributed by atoms with Crippen LogP contribution in [-0.2, 0) is 19.3 Å². The molecule has 3 rings (SSSR count). The van der Waals surface area contributed by atoms with E-state index in [-0.39, 0.29) is 0 Å². The van der Waals surface area contributed by atoms with E-state index in [9.17, 15) is 0 Å². The summed E-state index contributed by atoms with van der Waals surface area (Å²) < 4.78 is 0. The first-order chi connectivity index (χ1) is 8.74. The first kappa shape index (κ1) is 11.8. The first-order valence-corrected chi connectivity index (χ1v) is 7.27. The SMILES string of the molecule is CC(C)Cc1cccc2cc3c(cc12)CCCC3. The first-order valence-electron chi connectivity index (χ1n) is 7.27. The van der Waals surface area contributed by atoms with Crippen molar-refractivity contribution in [3.05, 3.63) is 47.0 Å². The highest BCUT2D eigenvalue weighted by atomic mass is 14.2. The molecule has 0 aromatic heterocycles. The summed E-state index contributed by atoms with van der Waals surface area (Å²) >= 11 is 0. The molecule has 0 atom stereocenters. The van der Waals surface area contributed by atoms with Gasteiger partial charge in [-0.1, -0.05) is 44.2 Å². The second kappa shape index (κ2) is 4.76. The van der Waals surface area contributed by atoms with E-state index in [1.165, 1.54) is 48.4 Å². The molecule has 94 valence electrons. The molecule has 18 heavy (non-hydrogen) atoms. The van der Waals surface area contributed by atoms with Crippen LogP contribution < -0.4 is 0 Å². The van der Waals surface area contributed by atoms with Gasteiger partial charge in [-0.3, -0.25) is 0 Å². The van der Waals surface area contributed by atoms with Crippen molar-refractivity contribution in [1.82, 2.24) is 0 Å². The Hall–Kier alpha value is -1.30. The average molecular weight is 238 g/mol. The topological polar surface area (TPSA) is 0 Å². The molecule has 1 aliphatic carbocycles. The van der Waals surface area contributed by atoms with E-state index in [4.69, 9.17) is 0 Å². The van der Waals surface area contributed by atoms with Crippen LogP contribution in [0.25, 0.3) is 10.8 Å². The smallest absolute Gasteiger partial charge is 0.0149 e. The molecular formula is C18H22. The van der Waals surface area contributed by atoms with E-state index in [1.807, 2.05) is 0 Å². The number of aryl methyl sites for hydroxylation is 2. The molecule has 0 radical (unpaired) electrons. The molecular weight excluding hydrogens is 216 g/mol. The van der Waals surface area contributed by atoms with Gasteiger partial charge in [0.15, 0.2) is 0 Å². The number of rotatable bonds is 2. The van der Waals surface area contributed by atoms with Crippen LogP contribution in [0.15, 0.2) is 30.3 Å². The zero-order chi connectivity index (χ0) is 12.5. The molecule has 0 saturated heterocycles. The normalized spacial score (nSPS) is 15.1. The minimum Gasteiger partial charge on any atom is -0.0625 e. The third-order valence-electron chi connectivity index (χ3n) is 4.06. The molecule has 0 nitrogen and oxygen atoms in total. The van der Waals surface area contributed by atoms with Gasteiger partial charge < -0.3 is 0 Å². The second-order valence-electron chi connectivity index (χ2n) is 6.06. The van der Waals surface area contributed by atoms with E-state index in [1.54, 1.807) is 11.1 Å². The zero-order valence-corrected chi connectivity index (χ0v) is 11.5. The second-order valence-corrected chi connectivity index (χ2v) is 6.06. The Morgan fingerprint density at radius 2 is 1.72 bits per heavy atom. The zero-order valence-electron chi connectivity index (χ0n) is 11.5. The molecule has 0 unspecified atom stereocenters. The van der Waals surface area contributed by atoms with Crippen molar-refractivity contribution in [3.8, 4) is 0 Å². The fraction of sp³-hybridized carbons (Fsp3) is 0.444. The van der Waals surface area contributed by atoms with Crippen molar-refractivity contribution >= 4 is 10.8 Å². The summed E-state index contributed by atoms with van der Waals surface area (Å²) in [6, 6.07) is 11.7. The number of benzene rings is 2. The minimum absolute atomic E-state index is 0.728. The van der Waals surface area contributed by atoms with Crippen molar-refractivity contribution in [3.63, 3.8) is 0 Å². The van der Waals surface area contributed by atoms with Crippen molar-refractivity contribution in [2.75, 3.05) is 0 Å². The van der Waals surface area contributed by atoms with Crippen molar-refractivity contribution < 1.29 is 0 Å². The standard InChI is InChI=1S/C18H22/c1-13(2)10-16-8-5-9-17-11-14-6-3-4-7-15(14)12-18(16)17/h5,8-9,11-13H,3-4,6-7,10H2,1-2H3. The number of fused-ring (bicyclic) bond motifs is 2. The van der Waals surface area contributed by atoms with Gasteiger partial charge in [-0.15, -0.1) is 0 Å². The predicted molar refractivity (Wildman–Crippen MR) is 79.1 cm³/mol. The lowest BCUT2D eigenvalue weighted by atomic mass is 9.87. The lowest BCUT2D eigenvalue weighted by Crippen LogP contribution is -2.03. The Labute approximate surface area is 110 Å². The molecule has 0 heteroatoms. The van der Waals surface area contributed by atoms with Gasteiger partial charge in [0.1, 0.15) is 0 Å². The van der Waals surface area contributed by atoms with Gasteiger partial charge in [0.25, 0.3) is 0 Å².